The van der Waals surface area contributed by atoms with Crippen LogP contribution in [0.4, 0.5) is 0 Å². The summed E-state index contributed by atoms with van der Waals surface area (Å²) < 4.78 is 32.4. The highest BCUT2D eigenvalue weighted by atomic mass is 32.2. The van der Waals surface area contributed by atoms with Crippen molar-refractivity contribution < 1.29 is 27.5 Å². The molecule has 2 rings (SSSR count). The summed E-state index contributed by atoms with van der Waals surface area (Å²) in [5, 5.41) is 2.53. The second-order valence-electron chi connectivity index (χ2n) is 4.93. The molecule has 1 aromatic carbocycles. The lowest BCUT2D eigenvalue weighted by Gasteiger charge is -2.11. The van der Waals surface area contributed by atoms with Crippen LogP contribution in [0.15, 0.2) is 30.3 Å². The summed E-state index contributed by atoms with van der Waals surface area (Å²) >= 11 is 0. The first-order valence-corrected chi connectivity index (χ1v) is 8.60. The standard InChI is InChI=1S/C14H17NO6S/c16-13(15-11-6-7-22(18,19)10-11)8-21-14(17)9-20-12-4-2-1-3-5-12/h1-5,11H,6-10H2,(H,15,16)/t11-/m1/s1. The molecule has 0 spiro atoms. The molecule has 1 aromatic rings. The zero-order valence-corrected chi connectivity index (χ0v) is 12.7. The van der Waals surface area contributed by atoms with E-state index < -0.39 is 34.4 Å². The maximum Gasteiger partial charge on any atom is 0.344 e. The van der Waals surface area contributed by atoms with E-state index >= 15 is 0 Å². The second kappa shape index (κ2) is 7.26. The lowest BCUT2D eigenvalue weighted by molar-refractivity contribution is -0.150. The number of amides is 1. The van der Waals surface area contributed by atoms with Crippen LogP contribution in [0, 0.1) is 0 Å². The number of carbonyl (C=O) groups excluding carboxylic acids is 2. The number of hydrogen-bond acceptors (Lipinski definition) is 6. The molecular weight excluding hydrogens is 310 g/mol. The predicted molar refractivity (Wildman–Crippen MR) is 78.1 cm³/mol. The van der Waals surface area contributed by atoms with Crippen LogP contribution in [-0.2, 0) is 24.2 Å². The fourth-order valence-corrected chi connectivity index (χ4v) is 3.70. The van der Waals surface area contributed by atoms with E-state index in [9.17, 15) is 18.0 Å². The number of carbonyl (C=O) groups is 2. The molecule has 1 aliphatic heterocycles. The van der Waals surface area contributed by atoms with Crippen molar-refractivity contribution >= 4 is 21.7 Å². The highest BCUT2D eigenvalue weighted by molar-refractivity contribution is 7.91. The normalized spacial score (nSPS) is 19.4. The highest BCUT2D eigenvalue weighted by Crippen LogP contribution is 2.11. The van der Waals surface area contributed by atoms with Crippen LogP contribution in [0.5, 0.6) is 5.75 Å². The van der Waals surface area contributed by atoms with E-state index in [4.69, 9.17) is 9.47 Å². The Morgan fingerprint density at radius 2 is 1.91 bits per heavy atom. The molecule has 0 saturated carbocycles. The summed E-state index contributed by atoms with van der Waals surface area (Å²) in [6.45, 7) is -0.747. The molecule has 120 valence electrons. The van der Waals surface area contributed by atoms with Crippen LogP contribution in [0.2, 0.25) is 0 Å². The van der Waals surface area contributed by atoms with Gasteiger partial charge < -0.3 is 14.8 Å². The van der Waals surface area contributed by atoms with E-state index in [2.05, 4.69) is 5.32 Å². The molecule has 1 amide bonds. The number of esters is 1. The molecule has 1 saturated heterocycles. The minimum atomic E-state index is -3.05. The first kappa shape index (κ1) is 16.3. The largest absolute Gasteiger partial charge is 0.482 e. The number of ether oxygens (including phenoxy) is 2. The van der Waals surface area contributed by atoms with Crippen LogP contribution in [0.3, 0.4) is 0 Å². The Morgan fingerprint density at radius 1 is 1.18 bits per heavy atom. The molecule has 1 N–H and O–H groups in total. The van der Waals surface area contributed by atoms with Crippen molar-refractivity contribution in [3.05, 3.63) is 30.3 Å². The molecule has 1 fully saturated rings. The number of sulfone groups is 1. The summed E-state index contributed by atoms with van der Waals surface area (Å²) in [5.74, 6) is -0.653. The summed E-state index contributed by atoms with van der Waals surface area (Å²) in [6, 6.07) is 8.34. The van der Waals surface area contributed by atoms with Gasteiger partial charge in [0.25, 0.3) is 5.91 Å². The van der Waals surface area contributed by atoms with Crippen molar-refractivity contribution in [1.82, 2.24) is 5.32 Å². The third-order valence-electron chi connectivity index (χ3n) is 3.06. The fraction of sp³-hybridized carbons (Fsp3) is 0.429. The topological polar surface area (TPSA) is 98.8 Å². The van der Waals surface area contributed by atoms with Gasteiger partial charge in [-0.15, -0.1) is 0 Å². The first-order valence-electron chi connectivity index (χ1n) is 6.78. The van der Waals surface area contributed by atoms with E-state index in [-0.39, 0.29) is 18.1 Å². The van der Waals surface area contributed by atoms with Crippen molar-refractivity contribution in [2.45, 2.75) is 12.5 Å². The number of hydrogen-bond donors (Lipinski definition) is 1. The van der Waals surface area contributed by atoms with Gasteiger partial charge in [0.1, 0.15) is 5.75 Å². The number of benzene rings is 1. The minimum Gasteiger partial charge on any atom is -0.482 e. The van der Waals surface area contributed by atoms with Gasteiger partial charge in [0.05, 0.1) is 11.5 Å². The van der Waals surface area contributed by atoms with Gasteiger partial charge in [0, 0.05) is 6.04 Å². The van der Waals surface area contributed by atoms with Gasteiger partial charge in [0.2, 0.25) is 0 Å². The second-order valence-corrected chi connectivity index (χ2v) is 7.16. The molecular formula is C14H17NO6S. The van der Waals surface area contributed by atoms with Gasteiger partial charge in [-0.3, -0.25) is 4.79 Å². The van der Waals surface area contributed by atoms with Crippen LogP contribution >= 0.6 is 0 Å². The monoisotopic (exact) mass is 327 g/mol. The van der Waals surface area contributed by atoms with Crippen LogP contribution < -0.4 is 10.1 Å². The van der Waals surface area contributed by atoms with Crippen molar-refractivity contribution in [1.29, 1.82) is 0 Å². The molecule has 0 radical (unpaired) electrons. The first-order chi connectivity index (χ1) is 10.4. The summed E-state index contributed by atoms with van der Waals surface area (Å²) in [5.41, 5.74) is 0. The van der Waals surface area contributed by atoms with Crippen molar-refractivity contribution in [3.63, 3.8) is 0 Å². The van der Waals surface area contributed by atoms with Crippen molar-refractivity contribution in [2.24, 2.45) is 0 Å². The summed E-state index contributed by atoms with van der Waals surface area (Å²) in [4.78, 5) is 23.0. The number of para-hydroxylation sites is 1. The SMILES string of the molecule is O=C(COC(=O)COc1ccccc1)N[C@@H]1CCS(=O)(=O)C1. The lowest BCUT2D eigenvalue weighted by Crippen LogP contribution is -2.38. The summed E-state index contributed by atoms with van der Waals surface area (Å²) in [7, 11) is -3.05. The molecule has 0 aromatic heterocycles. The molecule has 7 nitrogen and oxygen atoms in total. The third-order valence-corrected chi connectivity index (χ3v) is 4.83. The molecule has 0 bridgehead atoms. The Morgan fingerprint density at radius 3 is 2.55 bits per heavy atom. The zero-order valence-electron chi connectivity index (χ0n) is 11.9. The van der Waals surface area contributed by atoms with Gasteiger partial charge in [-0.1, -0.05) is 18.2 Å². The van der Waals surface area contributed by atoms with Gasteiger partial charge in [-0.2, -0.15) is 0 Å². The molecule has 0 unspecified atom stereocenters. The fourth-order valence-electron chi connectivity index (χ4n) is 2.02. The molecule has 1 heterocycles. The number of rotatable bonds is 6. The maximum absolute atomic E-state index is 11.6. The van der Waals surface area contributed by atoms with E-state index in [1.54, 1.807) is 24.3 Å². The zero-order chi connectivity index (χ0) is 16.0. The summed E-state index contributed by atoms with van der Waals surface area (Å²) in [6.07, 6.45) is 0.388. The molecule has 1 atom stereocenters. The Labute approximate surface area is 128 Å². The molecule has 8 heteroatoms. The molecule has 22 heavy (non-hydrogen) atoms. The van der Waals surface area contributed by atoms with Gasteiger partial charge in [0.15, 0.2) is 23.1 Å². The van der Waals surface area contributed by atoms with E-state index in [1.807, 2.05) is 6.07 Å². The lowest BCUT2D eigenvalue weighted by atomic mass is 10.2. The third kappa shape index (κ3) is 5.36. The van der Waals surface area contributed by atoms with Gasteiger partial charge in [-0.05, 0) is 18.6 Å². The maximum atomic E-state index is 11.6. The molecule has 1 aliphatic rings. The van der Waals surface area contributed by atoms with E-state index in [1.165, 1.54) is 0 Å². The Bertz CT molecular complexity index is 628. The van der Waals surface area contributed by atoms with E-state index in [0.717, 1.165) is 0 Å². The Hall–Kier alpha value is -2.09. The number of nitrogens with one attached hydrogen (secondary N) is 1. The Balaban J connectivity index is 1.65. The Kier molecular flexibility index (Phi) is 5.37. The van der Waals surface area contributed by atoms with Crippen molar-refractivity contribution in [2.75, 3.05) is 24.7 Å². The average molecular weight is 327 g/mol. The highest BCUT2D eigenvalue weighted by Gasteiger charge is 2.28. The van der Waals surface area contributed by atoms with Crippen LogP contribution in [-0.4, -0.2) is 51.1 Å². The quantitative estimate of drug-likeness (QED) is 0.733. The average Bonchev–Trinajstić information content (AvgIpc) is 2.83. The molecule has 0 aliphatic carbocycles. The minimum absolute atomic E-state index is 0.0657. The van der Waals surface area contributed by atoms with E-state index in [0.29, 0.717) is 12.2 Å². The van der Waals surface area contributed by atoms with Gasteiger partial charge >= 0.3 is 5.97 Å². The van der Waals surface area contributed by atoms with Crippen molar-refractivity contribution in [3.8, 4) is 5.75 Å². The van der Waals surface area contributed by atoms with Crippen LogP contribution in [0.25, 0.3) is 0 Å². The van der Waals surface area contributed by atoms with Crippen LogP contribution in [0.1, 0.15) is 6.42 Å². The predicted octanol–water partition coefficient (Wildman–Crippen LogP) is -0.0881. The van der Waals surface area contributed by atoms with Gasteiger partial charge in [-0.25, -0.2) is 13.2 Å². The smallest absolute Gasteiger partial charge is 0.344 e.